The molecule has 1 aliphatic carbocycles. The SMILES string of the molecule is C=CCCCC(=O)C1(CC)CCCC1. The minimum atomic E-state index is 0.0706. The first-order valence-electron chi connectivity index (χ1n) is 5.89. The summed E-state index contributed by atoms with van der Waals surface area (Å²) in [6.45, 7) is 5.84. The van der Waals surface area contributed by atoms with E-state index in [4.69, 9.17) is 0 Å². The lowest BCUT2D eigenvalue weighted by molar-refractivity contribution is -0.128. The van der Waals surface area contributed by atoms with E-state index in [1.165, 1.54) is 12.8 Å². The van der Waals surface area contributed by atoms with Gasteiger partial charge in [0.1, 0.15) is 5.78 Å². The van der Waals surface area contributed by atoms with Gasteiger partial charge in [-0.25, -0.2) is 0 Å². The van der Waals surface area contributed by atoms with Crippen LogP contribution in [0.25, 0.3) is 0 Å². The molecule has 0 aromatic rings. The fraction of sp³-hybridized carbons (Fsp3) is 0.769. The first-order chi connectivity index (χ1) is 6.75. The second-order valence-corrected chi connectivity index (χ2v) is 4.45. The van der Waals surface area contributed by atoms with E-state index < -0.39 is 0 Å². The smallest absolute Gasteiger partial charge is 0.139 e. The Morgan fingerprint density at radius 3 is 2.57 bits per heavy atom. The molecule has 0 unspecified atom stereocenters. The first-order valence-corrected chi connectivity index (χ1v) is 5.89. The van der Waals surface area contributed by atoms with Gasteiger partial charge in [-0.2, -0.15) is 0 Å². The maximum absolute atomic E-state index is 12.0. The number of ketones is 1. The number of unbranched alkanes of at least 4 members (excludes halogenated alkanes) is 1. The molecule has 1 heteroatoms. The Morgan fingerprint density at radius 1 is 1.43 bits per heavy atom. The van der Waals surface area contributed by atoms with Gasteiger partial charge in [0.2, 0.25) is 0 Å². The molecule has 1 rings (SSSR count). The minimum absolute atomic E-state index is 0.0706. The summed E-state index contributed by atoms with van der Waals surface area (Å²) in [5.74, 6) is 0.513. The van der Waals surface area contributed by atoms with Crippen molar-refractivity contribution in [2.75, 3.05) is 0 Å². The summed E-state index contributed by atoms with van der Waals surface area (Å²) in [7, 11) is 0. The van der Waals surface area contributed by atoms with E-state index >= 15 is 0 Å². The normalized spacial score (nSPS) is 19.5. The highest BCUT2D eigenvalue weighted by atomic mass is 16.1. The van der Waals surface area contributed by atoms with E-state index in [-0.39, 0.29) is 5.41 Å². The van der Waals surface area contributed by atoms with Crippen LogP contribution in [-0.4, -0.2) is 5.78 Å². The fourth-order valence-electron chi connectivity index (χ4n) is 2.55. The van der Waals surface area contributed by atoms with Gasteiger partial charge in [-0.15, -0.1) is 6.58 Å². The van der Waals surface area contributed by atoms with Crippen molar-refractivity contribution in [2.24, 2.45) is 5.41 Å². The van der Waals surface area contributed by atoms with Gasteiger partial charge in [-0.1, -0.05) is 25.8 Å². The van der Waals surface area contributed by atoms with Gasteiger partial charge in [-0.05, 0) is 32.1 Å². The van der Waals surface area contributed by atoms with E-state index in [9.17, 15) is 4.79 Å². The highest BCUT2D eigenvalue weighted by molar-refractivity contribution is 5.85. The largest absolute Gasteiger partial charge is 0.299 e. The van der Waals surface area contributed by atoms with Crippen molar-refractivity contribution in [1.29, 1.82) is 0 Å². The molecule has 1 saturated carbocycles. The second kappa shape index (κ2) is 5.33. The molecule has 0 aromatic carbocycles. The molecule has 0 spiro atoms. The molecular weight excluding hydrogens is 172 g/mol. The van der Waals surface area contributed by atoms with E-state index in [1.807, 2.05) is 6.08 Å². The van der Waals surface area contributed by atoms with Gasteiger partial charge in [0.15, 0.2) is 0 Å². The molecular formula is C13H22O. The number of carbonyl (C=O) groups excluding carboxylic acids is 1. The average Bonchev–Trinajstić information content (AvgIpc) is 2.67. The summed E-state index contributed by atoms with van der Waals surface area (Å²) in [5, 5.41) is 0. The van der Waals surface area contributed by atoms with Crippen LogP contribution in [0.15, 0.2) is 12.7 Å². The topological polar surface area (TPSA) is 17.1 Å². The molecule has 80 valence electrons. The maximum atomic E-state index is 12.0. The fourth-order valence-corrected chi connectivity index (χ4v) is 2.55. The molecule has 1 nitrogen and oxygen atoms in total. The molecule has 0 saturated heterocycles. The number of Topliss-reactive ketones (excluding diaryl/α,β-unsaturated/α-hetero) is 1. The van der Waals surface area contributed by atoms with Crippen LogP contribution in [0, 0.1) is 5.41 Å². The Bertz CT molecular complexity index is 199. The monoisotopic (exact) mass is 194 g/mol. The van der Waals surface area contributed by atoms with Crippen LogP contribution in [0.1, 0.15) is 58.3 Å². The minimum Gasteiger partial charge on any atom is -0.299 e. The third-order valence-corrected chi connectivity index (χ3v) is 3.64. The average molecular weight is 194 g/mol. The molecule has 0 N–H and O–H groups in total. The van der Waals surface area contributed by atoms with Crippen LogP contribution in [0.5, 0.6) is 0 Å². The molecule has 0 aromatic heterocycles. The third-order valence-electron chi connectivity index (χ3n) is 3.64. The highest BCUT2D eigenvalue weighted by Gasteiger charge is 2.37. The Kier molecular flexibility index (Phi) is 4.37. The maximum Gasteiger partial charge on any atom is 0.139 e. The van der Waals surface area contributed by atoms with Gasteiger partial charge in [0.05, 0.1) is 0 Å². The lowest BCUT2D eigenvalue weighted by Crippen LogP contribution is -2.26. The van der Waals surface area contributed by atoms with Crippen molar-refractivity contribution in [3.8, 4) is 0 Å². The summed E-state index contributed by atoms with van der Waals surface area (Å²) in [6, 6.07) is 0. The van der Waals surface area contributed by atoms with Crippen molar-refractivity contribution < 1.29 is 4.79 Å². The van der Waals surface area contributed by atoms with E-state index in [0.29, 0.717) is 5.78 Å². The summed E-state index contributed by atoms with van der Waals surface area (Å²) in [4.78, 5) is 12.0. The van der Waals surface area contributed by atoms with Gasteiger partial charge >= 0.3 is 0 Å². The zero-order chi connectivity index (χ0) is 10.4. The van der Waals surface area contributed by atoms with Crippen molar-refractivity contribution >= 4 is 5.78 Å². The number of hydrogen-bond donors (Lipinski definition) is 0. The summed E-state index contributed by atoms with van der Waals surface area (Å²) < 4.78 is 0. The van der Waals surface area contributed by atoms with Gasteiger partial charge in [-0.3, -0.25) is 4.79 Å². The van der Waals surface area contributed by atoms with Crippen LogP contribution in [0.2, 0.25) is 0 Å². The number of allylic oxidation sites excluding steroid dienone is 1. The number of hydrogen-bond acceptors (Lipinski definition) is 1. The second-order valence-electron chi connectivity index (χ2n) is 4.45. The van der Waals surface area contributed by atoms with E-state index in [1.54, 1.807) is 0 Å². The van der Waals surface area contributed by atoms with Crippen molar-refractivity contribution in [2.45, 2.75) is 58.3 Å². The Labute approximate surface area is 87.6 Å². The first kappa shape index (κ1) is 11.5. The molecule has 0 atom stereocenters. The lowest BCUT2D eigenvalue weighted by Gasteiger charge is -2.25. The van der Waals surface area contributed by atoms with E-state index in [0.717, 1.165) is 38.5 Å². The molecule has 14 heavy (non-hydrogen) atoms. The summed E-state index contributed by atoms with van der Waals surface area (Å²) in [5.41, 5.74) is 0.0706. The van der Waals surface area contributed by atoms with E-state index in [2.05, 4.69) is 13.5 Å². The molecule has 1 fully saturated rings. The Morgan fingerprint density at radius 2 is 2.07 bits per heavy atom. The summed E-state index contributed by atoms with van der Waals surface area (Å²) >= 11 is 0. The quantitative estimate of drug-likeness (QED) is 0.463. The number of rotatable bonds is 6. The molecule has 1 aliphatic rings. The van der Waals surface area contributed by atoms with Crippen LogP contribution in [0.4, 0.5) is 0 Å². The zero-order valence-corrected chi connectivity index (χ0v) is 9.35. The van der Waals surface area contributed by atoms with Gasteiger partial charge in [0, 0.05) is 11.8 Å². The third kappa shape index (κ3) is 2.46. The molecule has 0 amide bonds. The lowest BCUT2D eigenvalue weighted by atomic mass is 9.77. The van der Waals surface area contributed by atoms with Gasteiger partial charge < -0.3 is 0 Å². The van der Waals surface area contributed by atoms with Crippen molar-refractivity contribution in [3.63, 3.8) is 0 Å². The highest BCUT2D eigenvalue weighted by Crippen LogP contribution is 2.42. The van der Waals surface area contributed by atoms with Crippen LogP contribution < -0.4 is 0 Å². The van der Waals surface area contributed by atoms with Crippen molar-refractivity contribution in [1.82, 2.24) is 0 Å². The molecule has 0 aliphatic heterocycles. The number of carbonyl (C=O) groups is 1. The predicted octanol–water partition coefficient (Wildman–Crippen LogP) is 3.88. The van der Waals surface area contributed by atoms with Crippen LogP contribution in [-0.2, 0) is 4.79 Å². The van der Waals surface area contributed by atoms with Crippen LogP contribution >= 0.6 is 0 Å². The Balaban J connectivity index is 2.43. The zero-order valence-electron chi connectivity index (χ0n) is 9.35. The van der Waals surface area contributed by atoms with Crippen molar-refractivity contribution in [3.05, 3.63) is 12.7 Å². The Hall–Kier alpha value is -0.590. The molecule has 0 radical (unpaired) electrons. The van der Waals surface area contributed by atoms with Gasteiger partial charge in [0.25, 0.3) is 0 Å². The van der Waals surface area contributed by atoms with Crippen LogP contribution in [0.3, 0.4) is 0 Å². The molecule has 0 bridgehead atoms. The molecule has 0 heterocycles. The summed E-state index contributed by atoms with van der Waals surface area (Å²) in [6.07, 6.45) is 10.4. The standard InChI is InChI=1S/C13H22O/c1-3-5-6-9-12(14)13(4-2)10-7-8-11-13/h3H,1,4-11H2,2H3. The predicted molar refractivity (Wildman–Crippen MR) is 60.2 cm³/mol.